The highest BCUT2D eigenvalue weighted by molar-refractivity contribution is 9.10. The van der Waals surface area contributed by atoms with E-state index in [1.807, 2.05) is 6.07 Å². The Bertz CT molecular complexity index is 1360. The molecule has 3 aromatic rings. The zero-order valence-electron chi connectivity index (χ0n) is 18.6. The maximum atomic E-state index is 13.7. The molecular formula is C25H21BrN2O6S. The van der Waals surface area contributed by atoms with Crippen LogP contribution in [0.25, 0.3) is 0 Å². The van der Waals surface area contributed by atoms with Gasteiger partial charge < -0.3 is 4.74 Å². The van der Waals surface area contributed by atoms with Crippen molar-refractivity contribution in [3.05, 3.63) is 88.9 Å². The van der Waals surface area contributed by atoms with E-state index < -0.39 is 33.8 Å². The number of carbonyl (C=O) groups excluding carboxylic acids is 3. The topological polar surface area (TPSA) is 101 Å². The van der Waals surface area contributed by atoms with E-state index in [0.717, 1.165) is 9.21 Å². The molecule has 10 heteroatoms. The van der Waals surface area contributed by atoms with Gasteiger partial charge in [0.2, 0.25) is 15.9 Å². The third-order valence-electron chi connectivity index (χ3n) is 5.43. The first kappa shape index (κ1) is 24.8. The SMILES string of the molecule is CC(=O)Oc1ccc(N2C(=O)CC(N(Cc3ccccc3)S(=O)(=O)c3ccc(Br)cc3)C2=O)cc1. The Hall–Kier alpha value is -3.34. The monoisotopic (exact) mass is 556 g/mol. The minimum atomic E-state index is -4.13. The maximum absolute atomic E-state index is 13.7. The Labute approximate surface area is 211 Å². The van der Waals surface area contributed by atoms with Gasteiger partial charge in [0.05, 0.1) is 17.0 Å². The maximum Gasteiger partial charge on any atom is 0.308 e. The second-order valence-electron chi connectivity index (χ2n) is 7.86. The number of benzene rings is 3. The number of nitrogens with zero attached hydrogens (tertiary/aromatic N) is 2. The lowest BCUT2D eigenvalue weighted by molar-refractivity contribution is -0.132. The second-order valence-corrected chi connectivity index (χ2v) is 10.7. The summed E-state index contributed by atoms with van der Waals surface area (Å²) in [5, 5.41) is 0. The van der Waals surface area contributed by atoms with Crippen LogP contribution in [0.5, 0.6) is 5.75 Å². The summed E-state index contributed by atoms with van der Waals surface area (Å²) < 4.78 is 34.1. The largest absolute Gasteiger partial charge is 0.427 e. The predicted octanol–water partition coefficient (Wildman–Crippen LogP) is 3.90. The summed E-state index contributed by atoms with van der Waals surface area (Å²) in [5.74, 6) is -1.41. The van der Waals surface area contributed by atoms with Gasteiger partial charge >= 0.3 is 5.97 Å². The van der Waals surface area contributed by atoms with E-state index in [2.05, 4.69) is 15.9 Å². The smallest absolute Gasteiger partial charge is 0.308 e. The van der Waals surface area contributed by atoms with Gasteiger partial charge in [0.1, 0.15) is 11.8 Å². The molecule has 0 N–H and O–H groups in total. The van der Waals surface area contributed by atoms with Crippen LogP contribution < -0.4 is 9.64 Å². The fourth-order valence-corrected chi connectivity index (χ4v) is 5.64. The number of anilines is 1. The van der Waals surface area contributed by atoms with Crippen molar-refractivity contribution in [3.63, 3.8) is 0 Å². The van der Waals surface area contributed by atoms with Crippen LogP contribution in [-0.4, -0.2) is 36.5 Å². The number of rotatable bonds is 7. The number of carbonyl (C=O) groups is 3. The van der Waals surface area contributed by atoms with E-state index in [-0.39, 0.29) is 29.3 Å². The molecule has 35 heavy (non-hydrogen) atoms. The van der Waals surface area contributed by atoms with Gasteiger partial charge in [-0.2, -0.15) is 4.31 Å². The van der Waals surface area contributed by atoms with E-state index in [4.69, 9.17) is 4.74 Å². The molecule has 0 bridgehead atoms. The molecule has 2 amide bonds. The predicted molar refractivity (Wildman–Crippen MR) is 132 cm³/mol. The Balaban J connectivity index is 1.69. The van der Waals surface area contributed by atoms with Gasteiger partial charge in [-0.05, 0) is 54.1 Å². The van der Waals surface area contributed by atoms with Crippen LogP contribution in [0, 0.1) is 0 Å². The number of halogens is 1. The van der Waals surface area contributed by atoms with Gasteiger partial charge in [0, 0.05) is 17.9 Å². The second kappa shape index (κ2) is 10.1. The first-order valence-corrected chi connectivity index (χ1v) is 12.9. The van der Waals surface area contributed by atoms with Gasteiger partial charge in [-0.15, -0.1) is 0 Å². The number of amides is 2. The van der Waals surface area contributed by atoms with Crippen molar-refractivity contribution < 1.29 is 27.5 Å². The summed E-state index contributed by atoms with van der Waals surface area (Å²) in [4.78, 5) is 38.5. The molecule has 1 atom stereocenters. The van der Waals surface area contributed by atoms with Crippen LogP contribution in [0.3, 0.4) is 0 Å². The highest BCUT2D eigenvalue weighted by atomic mass is 79.9. The number of imide groups is 1. The highest BCUT2D eigenvalue weighted by Gasteiger charge is 2.47. The van der Waals surface area contributed by atoms with Crippen molar-refractivity contribution in [1.29, 1.82) is 0 Å². The minimum absolute atomic E-state index is 0.0149. The Morgan fingerprint density at radius 3 is 2.23 bits per heavy atom. The molecule has 1 aliphatic heterocycles. The average molecular weight is 557 g/mol. The molecule has 0 saturated carbocycles. The molecule has 8 nitrogen and oxygen atoms in total. The van der Waals surface area contributed by atoms with Crippen LogP contribution in [0.1, 0.15) is 18.9 Å². The highest BCUT2D eigenvalue weighted by Crippen LogP contribution is 2.31. The molecule has 1 fully saturated rings. The van der Waals surface area contributed by atoms with E-state index in [1.165, 1.54) is 43.3 Å². The molecule has 4 rings (SSSR count). The number of hydrogen-bond acceptors (Lipinski definition) is 6. The molecule has 1 saturated heterocycles. The Morgan fingerprint density at radius 1 is 1.00 bits per heavy atom. The van der Waals surface area contributed by atoms with Crippen molar-refractivity contribution in [2.45, 2.75) is 30.8 Å². The third kappa shape index (κ3) is 5.34. The molecule has 1 heterocycles. The number of hydrogen-bond donors (Lipinski definition) is 0. The third-order valence-corrected chi connectivity index (χ3v) is 7.83. The van der Waals surface area contributed by atoms with Crippen LogP contribution in [0.2, 0.25) is 0 Å². The molecule has 0 aromatic heterocycles. The normalized spacial score (nSPS) is 16.1. The minimum Gasteiger partial charge on any atom is -0.427 e. The van der Waals surface area contributed by atoms with Crippen LogP contribution in [-0.2, 0) is 31.0 Å². The molecule has 0 radical (unpaired) electrons. The lowest BCUT2D eigenvalue weighted by Crippen LogP contribution is -2.45. The fraction of sp³-hybridized carbons (Fsp3) is 0.160. The van der Waals surface area contributed by atoms with Gasteiger partial charge in [0.25, 0.3) is 5.91 Å². The summed E-state index contributed by atoms with van der Waals surface area (Å²) in [6.07, 6.45) is -0.298. The van der Waals surface area contributed by atoms with Gasteiger partial charge in [0.15, 0.2) is 0 Å². The standard InChI is InChI=1S/C25H21BrN2O6S/c1-17(29)34-21-11-9-20(10-12-21)28-24(30)15-23(25(28)31)27(16-18-5-3-2-4-6-18)35(32,33)22-13-7-19(26)8-14-22/h2-14,23H,15-16H2,1H3. The molecule has 0 spiro atoms. The fourth-order valence-electron chi connectivity index (χ4n) is 3.81. The van der Waals surface area contributed by atoms with Crippen LogP contribution in [0.15, 0.2) is 88.2 Å². The number of esters is 1. The first-order valence-electron chi connectivity index (χ1n) is 10.6. The van der Waals surface area contributed by atoms with E-state index >= 15 is 0 Å². The average Bonchev–Trinajstić information content (AvgIpc) is 3.12. The molecule has 180 valence electrons. The lowest BCUT2D eigenvalue weighted by atomic mass is 10.2. The zero-order chi connectivity index (χ0) is 25.2. The molecule has 0 aliphatic carbocycles. The van der Waals surface area contributed by atoms with Crippen molar-refractivity contribution in [2.75, 3.05) is 4.90 Å². The van der Waals surface area contributed by atoms with Gasteiger partial charge in [-0.25, -0.2) is 13.3 Å². The van der Waals surface area contributed by atoms with Crippen LogP contribution in [0.4, 0.5) is 5.69 Å². The number of sulfonamides is 1. The number of ether oxygens (including phenoxy) is 1. The Kier molecular flexibility index (Phi) is 7.15. The summed E-state index contributed by atoms with van der Waals surface area (Å²) in [7, 11) is -4.13. The molecule has 3 aromatic carbocycles. The van der Waals surface area contributed by atoms with Gasteiger partial charge in [-0.3, -0.25) is 14.4 Å². The Morgan fingerprint density at radius 2 is 1.63 bits per heavy atom. The van der Waals surface area contributed by atoms with E-state index in [9.17, 15) is 22.8 Å². The van der Waals surface area contributed by atoms with Crippen LogP contribution >= 0.6 is 15.9 Å². The molecule has 1 aliphatic rings. The molecular weight excluding hydrogens is 536 g/mol. The van der Waals surface area contributed by atoms with Crippen molar-refractivity contribution in [1.82, 2.24) is 4.31 Å². The zero-order valence-corrected chi connectivity index (χ0v) is 21.0. The lowest BCUT2D eigenvalue weighted by Gasteiger charge is -2.27. The van der Waals surface area contributed by atoms with Gasteiger partial charge in [-0.1, -0.05) is 46.3 Å². The van der Waals surface area contributed by atoms with Crippen molar-refractivity contribution in [3.8, 4) is 5.75 Å². The molecule has 1 unspecified atom stereocenters. The van der Waals surface area contributed by atoms with Crippen molar-refractivity contribution in [2.24, 2.45) is 0 Å². The summed E-state index contributed by atoms with van der Waals surface area (Å²) in [6, 6.07) is 19.6. The van der Waals surface area contributed by atoms with E-state index in [1.54, 1.807) is 36.4 Å². The first-order chi connectivity index (χ1) is 16.7. The van der Waals surface area contributed by atoms with Crippen molar-refractivity contribution >= 4 is 49.4 Å². The quantitative estimate of drug-likeness (QED) is 0.248. The summed E-state index contributed by atoms with van der Waals surface area (Å²) >= 11 is 3.30. The summed E-state index contributed by atoms with van der Waals surface area (Å²) in [5.41, 5.74) is 0.941. The van der Waals surface area contributed by atoms with E-state index in [0.29, 0.717) is 10.0 Å². The summed E-state index contributed by atoms with van der Waals surface area (Å²) in [6.45, 7) is 1.18.